The summed E-state index contributed by atoms with van der Waals surface area (Å²) in [7, 11) is -7.70. The molecule has 0 bridgehead atoms. The third-order valence-electron chi connectivity index (χ3n) is 5.04. The Morgan fingerprint density at radius 1 is 0.649 bits per heavy atom. The lowest BCUT2D eigenvalue weighted by atomic mass is 10.2. The zero-order valence-corrected chi connectivity index (χ0v) is 22.8. The number of anilines is 3. The minimum absolute atomic E-state index is 0.00349. The van der Waals surface area contributed by atoms with Crippen molar-refractivity contribution < 1.29 is 21.6 Å². The van der Waals surface area contributed by atoms with Gasteiger partial charge in [-0.3, -0.25) is 14.2 Å². The van der Waals surface area contributed by atoms with Crippen LogP contribution >= 0.6 is 27.5 Å². The van der Waals surface area contributed by atoms with Gasteiger partial charge >= 0.3 is 0 Å². The van der Waals surface area contributed by atoms with Crippen LogP contribution in [0.25, 0.3) is 0 Å². The molecule has 0 aliphatic heterocycles. The molecule has 0 saturated carbocycles. The third-order valence-corrected chi connectivity index (χ3v) is 8.69. The number of benzene rings is 4. The monoisotopic (exact) mass is 619 g/mol. The van der Waals surface area contributed by atoms with Crippen molar-refractivity contribution in [2.24, 2.45) is 0 Å². The second-order valence-electron chi connectivity index (χ2n) is 7.70. The molecule has 0 fully saturated rings. The molecule has 0 atom stereocenters. The fourth-order valence-electron chi connectivity index (χ4n) is 3.22. The maximum atomic E-state index is 12.9. The van der Waals surface area contributed by atoms with E-state index in [9.17, 15) is 21.6 Å². The van der Waals surface area contributed by atoms with Crippen molar-refractivity contribution in [2.75, 3.05) is 14.8 Å². The van der Waals surface area contributed by atoms with E-state index >= 15 is 0 Å². The van der Waals surface area contributed by atoms with Crippen LogP contribution < -0.4 is 14.8 Å². The fraction of sp³-hybridized carbons (Fsp3) is 0. The summed E-state index contributed by atoms with van der Waals surface area (Å²) in [5.74, 6) is -0.602. The van der Waals surface area contributed by atoms with Crippen LogP contribution in [-0.4, -0.2) is 22.7 Å². The highest BCUT2D eigenvalue weighted by atomic mass is 79.9. The topological polar surface area (TPSA) is 121 Å². The van der Waals surface area contributed by atoms with Crippen LogP contribution in [-0.2, 0) is 20.0 Å². The Bertz CT molecular complexity index is 1650. The number of sulfonamides is 2. The molecule has 1 amide bonds. The van der Waals surface area contributed by atoms with Crippen LogP contribution in [0.15, 0.2) is 111 Å². The van der Waals surface area contributed by atoms with Crippen LogP contribution in [0.2, 0.25) is 5.02 Å². The van der Waals surface area contributed by atoms with Crippen LogP contribution in [0.4, 0.5) is 17.1 Å². The Labute approximate surface area is 227 Å². The van der Waals surface area contributed by atoms with Crippen molar-refractivity contribution in [3.63, 3.8) is 0 Å². The van der Waals surface area contributed by atoms with Crippen molar-refractivity contribution in [3.05, 3.63) is 112 Å². The van der Waals surface area contributed by atoms with Crippen molar-refractivity contribution >= 4 is 70.5 Å². The van der Waals surface area contributed by atoms with Gasteiger partial charge in [-0.05, 0) is 78.9 Å². The van der Waals surface area contributed by atoms with Crippen molar-refractivity contribution in [3.8, 4) is 0 Å². The lowest BCUT2D eigenvalue weighted by Gasteiger charge is -2.12. The summed E-state index contributed by atoms with van der Waals surface area (Å²) in [6.07, 6.45) is 0. The van der Waals surface area contributed by atoms with E-state index in [2.05, 4.69) is 30.7 Å². The summed E-state index contributed by atoms with van der Waals surface area (Å²) in [6.45, 7) is 0. The molecule has 0 spiro atoms. The van der Waals surface area contributed by atoms with Crippen molar-refractivity contribution in [1.29, 1.82) is 0 Å². The molecule has 8 nitrogen and oxygen atoms in total. The standard InChI is InChI=1S/C25H19BrClN3O5S2/c26-17-6-8-19(9-7-17)29-37(34,35)22-13-10-18(11-14-22)28-25(31)23-16-20(12-15-24(23)27)30-36(32,33)21-4-2-1-3-5-21/h1-16,29-30H,(H,28,31). The molecule has 190 valence electrons. The zero-order chi connectivity index (χ0) is 26.6. The van der Waals surface area contributed by atoms with Gasteiger partial charge in [0, 0.05) is 21.5 Å². The van der Waals surface area contributed by atoms with Gasteiger partial charge in [0.15, 0.2) is 0 Å². The highest BCUT2D eigenvalue weighted by Gasteiger charge is 2.18. The molecule has 37 heavy (non-hydrogen) atoms. The first-order valence-corrected chi connectivity index (χ1v) is 14.7. The maximum Gasteiger partial charge on any atom is 0.261 e. The van der Waals surface area contributed by atoms with Gasteiger partial charge in [-0.25, -0.2) is 16.8 Å². The molecule has 3 N–H and O–H groups in total. The first-order valence-electron chi connectivity index (χ1n) is 10.6. The van der Waals surface area contributed by atoms with Crippen LogP contribution in [0.1, 0.15) is 10.4 Å². The highest BCUT2D eigenvalue weighted by Crippen LogP contribution is 2.25. The molecule has 4 aromatic carbocycles. The van der Waals surface area contributed by atoms with Crippen LogP contribution in [0, 0.1) is 0 Å². The Kier molecular flexibility index (Phi) is 7.88. The molecular formula is C25H19BrClN3O5S2. The minimum Gasteiger partial charge on any atom is -0.322 e. The summed E-state index contributed by atoms with van der Waals surface area (Å²) in [5, 5.41) is 2.74. The van der Waals surface area contributed by atoms with Crippen molar-refractivity contribution in [2.45, 2.75) is 9.79 Å². The number of rotatable bonds is 8. The number of hydrogen-bond acceptors (Lipinski definition) is 5. The molecular weight excluding hydrogens is 602 g/mol. The fourth-order valence-corrected chi connectivity index (χ4v) is 5.82. The summed E-state index contributed by atoms with van der Waals surface area (Å²) < 4.78 is 56.2. The van der Waals surface area contributed by atoms with E-state index < -0.39 is 26.0 Å². The van der Waals surface area contributed by atoms with E-state index in [1.165, 1.54) is 54.6 Å². The van der Waals surface area contributed by atoms with Crippen LogP contribution in [0.3, 0.4) is 0 Å². The highest BCUT2D eigenvalue weighted by molar-refractivity contribution is 9.10. The van der Waals surface area contributed by atoms with Gasteiger partial charge in [0.05, 0.1) is 20.4 Å². The average Bonchev–Trinajstić information content (AvgIpc) is 2.87. The minimum atomic E-state index is -3.86. The Hall–Kier alpha value is -3.38. The first-order chi connectivity index (χ1) is 17.5. The maximum absolute atomic E-state index is 12.9. The van der Waals surface area contributed by atoms with Crippen LogP contribution in [0.5, 0.6) is 0 Å². The second-order valence-corrected chi connectivity index (χ2v) is 12.4. The lowest BCUT2D eigenvalue weighted by molar-refractivity contribution is 0.102. The third kappa shape index (κ3) is 6.69. The SMILES string of the molecule is O=C(Nc1ccc(S(=O)(=O)Nc2ccc(Br)cc2)cc1)c1cc(NS(=O)(=O)c2ccccc2)ccc1Cl. The Morgan fingerprint density at radius 2 is 1.16 bits per heavy atom. The van der Waals surface area contributed by atoms with E-state index in [1.807, 2.05) is 0 Å². The Balaban J connectivity index is 1.48. The lowest BCUT2D eigenvalue weighted by Crippen LogP contribution is -2.16. The molecule has 0 aliphatic carbocycles. The van der Waals surface area contributed by atoms with Gasteiger partial charge in [0.2, 0.25) is 0 Å². The van der Waals surface area contributed by atoms with E-state index in [0.29, 0.717) is 11.4 Å². The molecule has 12 heteroatoms. The zero-order valence-electron chi connectivity index (χ0n) is 18.9. The largest absolute Gasteiger partial charge is 0.322 e. The molecule has 4 aromatic rings. The number of amides is 1. The molecule has 0 aromatic heterocycles. The van der Waals surface area contributed by atoms with E-state index in [1.54, 1.807) is 42.5 Å². The molecule has 0 aliphatic rings. The predicted octanol–water partition coefficient (Wildman–Crippen LogP) is 5.96. The quantitative estimate of drug-likeness (QED) is 0.225. The predicted molar refractivity (Wildman–Crippen MR) is 148 cm³/mol. The molecule has 0 heterocycles. The average molecular weight is 621 g/mol. The van der Waals surface area contributed by atoms with Gasteiger partial charge in [-0.2, -0.15) is 0 Å². The van der Waals surface area contributed by atoms with E-state index in [-0.39, 0.29) is 26.1 Å². The number of carbonyl (C=O) groups excluding carboxylic acids is 1. The Morgan fingerprint density at radius 3 is 1.78 bits per heavy atom. The molecule has 0 radical (unpaired) electrons. The summed E-state index contributed by atoms with van der Waals surface area (Å²) in [4.78, 5) is 12.9. The van der Waals surface area contributed by atoms with E-state index in [0.717, 1.165) is 4.47 Å². The summed E-state index contributed by atoms with van der Waals surface area (Å²) in [6, 6.07) is 24.2. The van der Waals surface area contributed by atoms with Crippen molar-refractivity contribution in [1.82, 2.24) is 0 Å². The summed E-state index contributed by atoms with van der Waals surface area (Å²) >= 11 is 9.48. The van der Waals surface area contributed by atoms with E-state index in [4.69, 9.17) is 11.6 Å². The number of carbonyl (C=O) groups is 1. The first kappa shape index (κ1) is 26.7. The van der Waals surface area contributed by atoms with Gasteiger partial charge < -0.3 is 5.32 Å². The summed E-state index contributed by atoms with van der Waals surface area (Å²) in [5.41, 5.74) is 0.902. The number of nitrogens with one attached hydrogen (secondary N) is 3. The van der Waals surface area contributed by atoms with Gasteiger partial charge in [0.1, 0.15) is 0 Å². The molecule has 0 unspecified atom stereocenters. The van der Waals surface area contributed by atoms with Gasteiger partial charge in [0.25, 0.3) is 26.0 Å². The number of hydrogen-bond donors (Lipinski definition) is 3. The second kappa shape index (κ2) is 10.9. The van der Waals surface area contributed by atoms with Gasteiger partial charge in [-0.15, -0.1) is 0 Å². The number of halogens is 2. The molecule has 4 rings (SSSR count). The normalized spacial score (nSPS) is 11.5. The smallest absolute Gasteiger partial charge is 0.261 e. The molecule has 0 saturated heterocycles. The van der Waals surface area contributed by atoms with Gasteiger partial charge in [-0.1, -0.05) is 45.7 Å².